The Morgan fingerprint density at radius 1 is 1.14 bits per heavy atom. The maximum absolute atomic E-state index is 11.7. The lowest BCUT2D eigenvalue weighted by molar-refractivity contribution is 0.0526. The monoisotopic (exact) mass is 296 g/mol. The van der Waals surface area contributed by atoms with E-state index in [4.69, 9.17) is 10.1 Å². The van der Waals surface area contributed by atoms with Gasteiger partial charge in [-0.25, -0.2) is 4.79 Å². The molecule has 0 saturated carbocycles. The molecule has 1 N–H and O–H groups in total. The van der Waals surface area contributed by atoms with Crippen LogP contribution in [-0.2, 0) is 4.74 Å². The average molecular weight is 296 g/mol. The molecule has 0 unspecified atom stereocenters. The van der Waals surface area contributed by atoms with E-state index in [1.54, 1.807) is 19.1 Å². The molecule has 2 aromatic carbocycles. The lowest BCUT2D eigenvalue weighted by Crippen LogP contribution is -2.20. The van der Waals surface area contributed by atoms with Gasteiger partial charge in [0.2, 0.25) is 0 Å². The van der Waals surface area contributed by atoms with Crippen molar-refractivity contribution in [1.82, 2.24) is 0 Å². The fourth-order valence-electron chi connectivity index (χ4n) is 2.30. The van der Waals surface area contributed by atoms with Crippen molar-refractivity contribution >= 4 is 18.0 Å². The van der Waals surface area contributed by atoms with Gasteiger partial charge in [0.25, 0.3) is 0 Å². The average Bonchev–Trinajstić information content (AvgIpc) is 2.57. The van der Waals surface area contributed by atoms with E-state index in [0.717, 1.165) is 23.4 Å². The Labute approximate surface area is 130 Å². The summed E-state index contributed by atoms with van der Waals surface area (Å²) in [6.45, 7) is 4.89. The van der Waals surface area contributed by atoms with Crippen LogP contribution in [-0.4, -0.2) is 25.5 Å². The summed E-state index contributed by atoms with van der Waals surface area (Å²) in [6, 6.07) is 15.3. The largest absolute Gasteiger partial charge is 0.462 e. The van der Waals surface area contributed by atoms with Crippen molar-refractivity contribution < 1.29 is 9.53 Å². The van der Waals surface area contributed by atoms with Gasteiger partial charge in [0.05, 0.1) is 18.5 Å². The van der Waals surface area contributed by atoms with Crippen molar-refractivity contribution in [2.45, 2.75) is 13.8 Å². The molecule has 4 nitrogen and oxygen atoms in total. The number of nitrogens with one attached hydrogen (secondary N) is 1. The molecule has 114 valence electrons. The zero-order valence-corrected chi connectivity index (χ0v) is 12.9. The molecular weight excluding hydrogens is 276 g/mol. The summed E-state index contributed by atoms with van der Waals surface area (Å²) in [4.78, 5) is 13.6. The molecule has 0 fully saturated rings. The summed E-state index contributed by atoms with van der Waals surface area (Å²) in [5.74, 6) is -0.308. The number of anilines is 1. The first-order chi connectivity index (χ1) is 10.7. The van der Waals surface area contributed by atoms with Crippen molar-refractivity contribution in [3.8, 4) is 11.1 Å². The van der Waals surface area contributed by atoms with E-state index in [-0.39, 0.29) is 5.97 Å². The summed E-state index contributed by atoms with van der Waals surface area (Å²) >= 11 is 0. The maximum atomic E-state index is 11.7. The quantitative estimate of drug-likeness (QED) is 0.498. The van der Waals surface area contributed by atoms with Crippen LogP contribution in [0.1, 0.15) is 24.2 Å². The van der Waals surface area contributed by atoms with Gasteiger partial charge in [-0.2, -0.15) is 0 Å². The highest BCUT2D eigenvalue weighted by atomic mass is 16.5. The van der Waals surface area contributed by atoms with Crippen LogP contribution < -0.4 is 4.90 Å². The van der Waals surface area contributed by atoms with E-state index >= 15 is 0 Å². The van der Waals surface area contributed by atoms with E-state index in [1.807, 2.05) is 48.2 Å². The zero-order chi connectivity index (χ0) is 15.9. The first-order valence-electron chi connectivity index (χ1n) is 7.35. The fourth-order valence-corrected chi connectivity index (χ4v) is 2.30. The lowest BCUT2D eigenvalue weighted by atomic mass is 10.0. The number of nitrogens with zero attached hydrogens (tertiary/aromatic N) is 1. The summed E-state index contributed by atoms with van der Waals surface area (Å²) in [5, 5.41) is 7.53. The van der Waals surface area contributed by atoms with E-state index < -0.39 is 0 Å². The number of rotatable bonds is 6. The van der Waals surface area contributed by atoms with E-state index in [0.29, 0.717) is 12.2 Å². The second-order valence-electron chi connectivity index (χ2n) is 4.73. The highest BCUT2D eigenvalue weighted by Gasteiger charge is 2.11. The molecule has 2 aromatic rings. The van der Waals surface area contributed by atoms with Gasteiger partial charge in [-0.1, -0.05) is 30.3 Å². The third kappa shape index (κ3) is 3.34. The molecule has 0 saturated heterocycles. The number of carbonyl (C=O) groups excluding carboxylic acids is 1. The Morgan fingerprint density at radius 3 is 2.41 bits per heavy atom. The molecule has 0 aliphatic heterocycles. The molecule has 0 atom stereocenters. The van der Waals surface area contributed by atoms with Gasteiger partial charge in [-0.3, -0.25) is 5.41 Å². The summed E-state index contributed by atoms with van der Waals surface area (Å²) in [7, 11) is 0. The Bertz CT molecular complexity index is 650. The van der Waals surface area contributed by atoms with Gasteiger partial charge in [0.15, 0.2) is 0 Å². The molecule has 0 bridgehead atoms. The number of carbonyl (C=O) groups is 1. The second kappa shape index (κ2) is 7.41. The minimum absolute atomic E-state index is 0.308. The molecule has 0 aliphatic rings. The van der Waals surface area contributed by atoms with Crippen LogP contribution in [0.25, 0.3) is 11.1 Å². The van der Waals surface area contributed by atoms with Crippen LogP contribution in [0, 0.1) is 5.41 Å². The normalized spacial score (nSPS) is 10.1. The smallest absolute Gasteiger partial charge is 0.338 e. The molecule has 0 aromatic heterocycles. The predicted octanol–water partition coefficient (Wildman–Crippen LogP) is 3.96. The number of benzene rings is 2. The summed E-state index contributed by atoms with van der Waals surface area (Å²) < 4.78 is 4.99. The Balaban J connectivity index is 2.36. The van der Waals surface area contributed by atoms with Gasteiger partial charge in [-0.15, -0.1) is 0 Å². The van der Waals surface area contributed by atoms with Crippen LogP contribution in [0.4, 0.5) is 5.69 Å². The van der Waals surface area contributed by atoms with Crippen LogP contribution in [0.2, 0.25) is 0 Å². The predicted molar refractivity (Wildman–Crippen MR) is 89.6 cm³/mol. The SMILES string of the molecule is CCOC(=O)c1ccc(-c2ccccc2N(C=N)CC)cc1. The highest BCUT2D eigenvalue weighted by molar-refractivity contribution is 5.91. The molecule has 0 radical (unpaired) electrons. The van der Waals surface area contributed by atoms with Gasteiger partial charge < -0.3 is 9.64 Å². The first-order valence-corrected chi connectivity index (χ1v) is 7.35. The van der Waals surface area contributed by atoms with Crippen molar-refractivity contribution in [2.75, 3.05) is 18.1 Å². The van der Waals surface area contributed by atoms with Gasteiger partial charge >= 0.3 is 5.97 Å². The van der Waals surface area contributed by atoms with Crippen LogP contribution in [0.15, 0.2) is 48.5 Å². The van der Waals surface area contributed by atoms with Crippen molar-refractivity contribution in [1.29, 1.82) is 5.41 Å². The Kier molecular flexibility index (Phi) is 5.31. The third-order valence-electron chi connectivity index (χ3n) is 3.42. The number of hydrogen-bond acceptors (Lipinski definition) is 3. The Hall–Kier alpha value is -2.62. The second-order valence-corrected chi connectivity index (χ2v) is 4.73. The molecule has 22 heavy (non-hydrogen) atoms. The number of hydrogen-bond donors (Lipinski definition) is 1. The molecule has 4 heteroatoms. The number of ether oxygens (including phenoxy) is 1. The van der Waals surface area contributed by atoms with E-state index in [1.165, 1.54) is 6.34 Å². The Morgan fingerprint density at radius 2 is 1.82 bits per heavy atom. The number of esters is 1. The summed E-state index contributed by atoms with van der Waals surface area (Å²) in [5.41, 5.74) is 3.55. The van der Waals surface area contributed by atoms with Crippen LogP contribution in [0.3, 0.4) is 0 Å². The molecule has 0 amide bonds. The molecule has 0 heterocycles. The molecule has 0 aliphatic carbocycles. The van der Waals surface area contributed by atoms with Crippen LogP contribution >= 0.6 is 0 Å². The molecule has 0 spiro atoms. The van der Waals surface area contributed by atoms with E-state index in [2.05, 4.69) is 0 Å². The van der Waals surface area contributed by atoms with Gasteiger partial charge in [0, 0.05) is 17.8 Å². The van der Waals surface area contributed by atoms with Crippen molar-refractivity contribution in [2.24, 2.45) is 0 Å². The maximum Gasteiger partial charge on any atom is 0.338 e. The first kappa shape index (κ1) is 15.8. The third-order valence-corrected chi connectivity index (χ3v) is 3.42. The van der Waals surface area contributed by atoms with Crippen molar-refractivity contribution in [3.05, 3.63) is 54.1 Å². The summed E-state index contributed by atoms with van der Waals surface area (Å²) in [6.07, 6.45) is 1.33. The molecular formula is C18H20N2O2. The van der Waals surface area contributed by atoms with Crippen LogP contribution in [0.5, 0.6) is 0 Å². The van der Waals surface area contributed by atoms with Crippen molar-refractivity contribution in [3.63, 3.8) is 0 Å². The standard InChI is InChI=1S/C18H20N2O2/c1-3-20(13-19)17-8-6-5-7-16(17)14-9-11-15(12-10-14)18(21)22-4-2/h5-13,19H,3-4H2,1-2H3. The van der Waals surface area contributed by atoms with E-state index in [9.17, 15) is 4.79 Å². The number of para-hydroxylation sites is 1. The highest BCUT2D eigenvalue weighted by Crippen LogP contribution is 2.30. The zero-order valence-electron chi connectivity index (χ0n) is 12.9. The minimum Gasteiger partial charge on any atom is -0.462 e. The topological polar surface area (TPSA) is 53.4 Å². The molecule has 2 rings (SSSR count). The lowest BCUT2D eigenvalue weighted by Gasteiger charge is -2.20. The van der Waals surface area contributed by atoms with Gasteiger partial charge in [0.1, 0.15) is 0 Å². The fraction of sp³-hybridized carbons (Fsp3) is 0.222. The van der Waals surface area contributed by atoms with Gasteiger partial charge in [-0.05, 0) is 37.6 Å². The minimum atomic E-state index is -0.308.